The van der Waals surface area contributed by atoms with E-state index in [1.165, 1.54) is 12.8 Å². The maximum absolute atomic E-state index is 13.0. The van der Waals surface area contributed by atoms with Gasteiger partial charge in [-0.1, -0.05) is 40.0 Å². The number of aliphatic hydroxyl groups excluding tert-OH is 2. The minimum Gasteiger partial charge on any atom is -0.459 e. The van der Waals surface area contributed by atoms with Gasteiger partial charge in [0.2, 0.25) is 0 Å². The normalized spacial score (nSPS) is 47.9. The Kier molecular flexibility index (Phi) is 6.92. The topological polar surface area (TPSA) is 83.8 Å². The molecular weight excluding hydrogens is 440 g/mol. The third-order valence-corrected chi connectivity index (χ3v) is 12.5. The third kappa shape index (κ3) is 3.85. The van der Waals surface area contributed by atoms with Crippen molar-refractivity contribution in [3.8, 4) is 0 Å². The molecule has 0 amide bonds. The Morgan fingerprint density at radius 1 is 0.943 bits per heavy atom. The molecule has 0 spiro atoms. The summed E-state index contributed by atoms with van der Waals surface area (Å²) < 4.78 is 6.13. The fraction of sp³-hybridized carbons (Fsp3) is 0.933. The number of fused-ring (bicyclic) bond motifs is 5. The molecule has 5 aliphatic carbocycles. The Labute approximate surface area is 211 Å². The lowest BCUT2D eigenvalue weighted by Gasteiger charge is -2.68. The first-order chi connectivity index (χ1) is 16.7. The van der Waals surface area contributed by atoms with Gasteiger partial charge in [0.1, 0.15) is 12.7 Å². The maximum Gasteiger partial charge on any atom is 0.309 e. The van der Waals surface area contributed by atoms with Crippen molar-refractivity contribution in [1.29, 1.82) is 0 Å². The van der Waals surface area contributed by atoms with Gasteiger partial charge in [0, 0.05) is 5.92 Å². The number of aliphatic hydroxyl groups is 2. The molecule has 0 radical (unpaired) electrons. The molecule has 0 aliphatic heterocycles. The van der Waals surface area contributed by atoms with Crippen molar-refractivity contribution in [2.24, 2.45) is 45.8 Å². The molecule has 0 aromatic heterocycles. The van der Waals surface area contributed by atoms with Gasteiger partial charge in [-0.05, 0) is 105 Å². The molecule has 5 saturated carbocycles. The fourth-order valence-corrected chi connectivity index (χ4v) is 10.6. The van der Waals surface area contributed by atoms with Gasteiger partial charge in [-0.25, -0.2) is 0 Å². The minimum absolute atomic E-state index is 0.00439. The molecule has 0 saturated heterocycles. The number of hydrogen-bond acceptors (Lipinski definition) is 5. The van der Waals surface area contributed by atoms with Crippen LogP contribution < -0.4 is 0 Å². The zero-order chi connectivity index (χ0) is 25.0. The van der Waals surface area contributed by atoms with Crippen molar-refractivity contribution in [3.05, 3.63) is 0 Å². The molecule has 198 valence electrons. The Morgan fingerprint density at radius 2 is 1.66 bits per heavy atom. The molecule has 5 fully saturated rings. The third-order valence-electron chi connectivity index (χ3n) is 12.5. The summed E-state index contributed by atoms with van der Waals surface area (Å²) in [6, 6.07) is 0. The Balaban J connectivity index is 1.40. The predicted octanol–water partition coefficient (Wildman–Crippen LogP) is 5.45. The van der Waals surface area contributed by atoms with Crippen molar-refractivity contribution in [2.75, 3.05) is 6.61 Å². The first-order valence-electron chi connectivity index (χ1n) is 14.7. The molecule has 5 rings (SSSR count). The summed E-state index contributed by atoms with van der Waals surface area (Å²) >= 11 is 0. The van der Waals surface area contributed by atoms with Crippen LogP contribution in [0.3, 0.4) is 0 Å². The van der Waals surface area contributed by atoms with Gasteiger partial charge < -0.3 is 14.9 Å². The van der Waals surface area contributed by atoms with Crippen LogP contribution in [-0.4, -0.2) is 40.8 Å². The SMILES string of the molecule is CCC12CCC3(C)C(C(=O)CO)CCC3C1CCC1CC(O)C(OC(=O)C3CCCCC3)CC12C. The largest absolute Gasteiger partial charge is 0.459 e. The smallest absolute Gasteiger partial charge is 0.309 e. The van der Waals surface area contributed by atoms with E-state index in [1.54, 1.807) is 0 Å². The lowest BCUT2D eigenvalue weighted by atomic mass is 9.37. The quantitative estimate of drug-likeness (QED) is 0.503. The van der Waals surface area contributed by atoms with Crippen molar-refractivity contribution in [1.82, 2.24) is 0 Å². The number of rotatable bonds is 5. The number of ketones is 1. The molecule has 5 heteroatoms. The highest BCUT2D eigenvalue weighted by atomic mass is 16.6. The molecular formula is C30H48O5. The van der Waals surface area contributed by atoms with Crippen LogP contribution in [0.1, 0.15) is 111 Å². The van der Waals surface area contributed by atoms with Gasteiger partial charge >= 0.3 is 5.97 Å². The van der Waals surface area contributed by atoms with E-state index in [9.17, 15) is 19.8 Å². The number of esters is 1. The summed E-state index contributed by atoms with van der Waals surface area (Å²) in [5, 5.41) is 20.7. The second-order valence-electron chi connectivity index (χ2n) is 13.5. The molecule has 0 bridgehead atoms. The molecule has 0 aromatic rings. The average Bonchev–Trinajstić information content (AvgIpc) is 3.22. The summed E-state index contributed by atoms with van der Waals surface area (Å²) in [6.45, 7) is 6.80. The zero-order valence-corrected chi connectivity index (χ0v) is 22.3. The van der Waals surface area contributed by atoms with Gasteiger partial charge in [0.15, 0.2) is 5.78 Å². The zero-order valence-electron chi connectivity index (χ0n) is 22.3. The van der Waals surface area contributed by atoms with E-state index in [4.69, 9.17) is 4.74 Å². The van der Waals surface area contributed by atoms with Crippen LogP contribution in [0.15, 0.2) is 0 Å². The van der Waals surface area contributed by atoms with E-state index in [-0.39, 0.29) is 46.4 Å². The number of carbonyl (C=O) groups excluding carboxylic acids is 2. The number of carbonyl (C=O) groups is 2. The van der Waals surface area contributed by atoms with Gasteiger partial charge in [-0.15, -0.1) is 0 Å². The summed E-state index contributed by atoms with van der Waals surface area (Å²) in [7, 11) is 0. The van der Waals surface area contributed by atoms with Gasteiger partial charge in [0.05, 0.1) is 12.0 Å². The highest BCUT2D eigenvalue weighted by Crippen LogP contribution is 2.73. The molecule has 0 aromatic carbocycles. The summed E-state index contributed by atoms with van der Waals surface area (Å²) in [5.74, 6) is 1.50. The number of ether oxygens (including phenoxy) is 1. The van der Waals surface area contributed by atoms with Crippen LogP contribution in [0, 0.1) is 45.8 Å². The van der Waals surface area contributed by atoms with Gasteiger partial charge in [-0.3, -0.25) is 9.59 Å². The minimum atomic E-state index is -0.557. The summed E-state index contributed by atoms with van der Waals surface area (Å²) in [4.78, 5) is 25.7. The Bertz CT molecular complexity index is 820. The summed E-state index contributed by atoms with van der Waals surface area (Å²) in [5.41, 5.74) is 0.183. The monoisotopic (exact) mass is 488 g/mol. The second-order valence-corrected chi connectivity index (χ2v) is 13.5. The molecule has 5 aliphatic rings. The van der Waals surface area contributed by atoms with E-state index in [0.29, 0.717) is 17.8 Å². The lowest BCUT2D eigenvalue weighted by Crippen LogP contribution is -2.63. The van der Waals surface area contributed by atoms with E-state index in [1.807, 2.05) is 0 Å². The molecule has 35 heavy (non-hydrogen) atoms. The number of hydrogen-bond donors (Lipinski definition) is 2. The molecule has 9 atom stereocenters. The summed E-state index contributed by atoms with van der Waals surface area (Å²) in [6.07, 6.45) is 13.4. The van der Waals surface area contributed by atoms with E-state index in [2.05, 4.69) is 20.8 Å². The molecule has 2 N–H and O–H groups in total. The van der Waals surface area contributed by atoms with Crippen LogP contribution >= 0.6 is 0 Å². The Hall–Kier alpha value is -0.940. The highest BCUT2D eigenvalue weighted by Gasteiger charge is 2.68. The van der Waals surface area contributed by atoms with Crippen LogP contribution in [0.4, 0.5) is 0 Å². The van der Waals surface area contributed by atoms with Crippen molar-refractivity contribution >= 4 is 11.8 Å². The highest BCUT2D eigenvalue weighted by molar-refractivity contribution is 5.83. The van der Waals surface area contributed by atoms with E-state index in [0.717, 1.165) is 77.0 Å². The second kappa shape index (κ2) is 9.42. The fourth-order valence-electron chi connectivity index (χ4n) is 10.6. The first-order valence-corrected chi connectivity index (χ1v) is 14.7. The van der Waals surface area contributed by atoms with Crippen molar-refractivity contribution in [2.45, 2.75) is 123 Å². The lowest BCUT2D eigenvalue weighted by molar-refractivity contribution is -0.222. The molecule has 5 nitrogen and oxygen atoms in total. The average molecular weight is 489 g/mol. The van der Waals surface area contributed by atoms with Gasteiger partial charge in [-0.2, -0.15) is 0 Å². The van der Waals surface area contributed by atoms with E-state index < -0.39 is 12.2 Å². The molecule has 0 heterocycles. The van der Waals surface area contributed by atoms with Crippen LogP contribution in [0.25, 0.3) is 0 Å². The number of Topliss-reactive ketones (excluding diaryl/α,β-unsaturated/α-hetero) is 1. The van der Waals surface area contributed by atoms with E-state index >= 15 is 0 Å². The van der Waals surface area contributed by atoms with Crippen LogP contribution in [0.2, 0.25) is 0 Å². The predicted molar refractivity (Wildman–Crippen MR) is 134 cm³/mol. The maximum atomic E-state index is 13.0. The van der Waals surface area contributed by atoms with Crippen LogP contribution in [-0.2, 0) is 14.3 Å². The van der Waals surface area contributed by atoms with Crippen molar-refractivity contribution in [3.63, 3.8) is 0 Å². The van der Waals surface area contributed by atoms with Crippen molar-refractivity contribution < 1.29 is 24.5 Å². The standard InChI is InChI=1S/C30H48O5/c1-4-30-15-14-28(2)21(12-13-23(28)25(33)18-31)22(30)11-10-20-16-24(32)26(17-29(20,30)3)35-27(34)19-8-6-5-7-9-19/h19-24,26,31-32H,4-18H2,1-3H3. The first kappa shape index (κ1) is 25.7. The Morgan fingerprint density at radius 3 is 2.34 bits per heavy atom. The molecule has 9 unspecified atom stereocenters. The van der Waals surface area contributed by atoms with Gasteiger partial charge in [0.25, 0.3) is 0 Å². The van der Waals surface area contributed by atoms with Crippen LogP contribution in [0.5, 0.6) is 0 Å².